The first-order valence-electron chi connectivity index (χ1n) is 8.89. The van der Waals surface area contributed by atoms with Crippen molar-refractivity contribution in [1.82, 2.24) is 15.1 Å². The minimum atomic E-state index is -4.27. The van der Waals surface area contributed by atoms with Crippen LogP contribution in [0.25, 0.3) is 0 Å². The Morgan fingerprint density at radius 2 is 2.04 bits per heavy atom. The summed E-state index contributed by atoms with van der Waals surface area (Å²) in [5.74, 6) is -2.08. The van der Waals surface area contributed by atoms with Gasteiger partial charge >= 0.3 is 6.18 Å². The summed E-state index contributed by atoms with van der Waals surface area (Å²) in [6, 6.07) is 6.05. The van der Waals surface area contributed by atoms with Crippen molar-refractivity contribution < 1.29 is 22.4 Å². The van der Waals surface area contributed by atoms with Crippen molar-refractivity contribution in [2.75, 3.05) is 39.3 Å². The molecule has 3 rings (SSSR count). The fraction of sp³-hybridized carbons (Fsp3) is 0.611. The molecule has 2 unspecified atom stereocenters. The quantitative estimate of drug-likeness (QED) is 0.780. The molecule has 0 saturated carbocycles. The van der Waals surface area contributed by atoms with Crippen LogP contribution < -0.4 is 5.32 Å². The largest absolute Gasteiger partial charge is 0.393 e. The second-order valence-electron chi connectivity index (χ2n) is 6.97. The highest BCUT2D eigenvalue weighted by Gasteiger charge is 2.43. The monoisotopic (exact) mass is 409 g/mol. The van der Waals surface area contributed by atoms with Crippen LogP contribution in [0, 0.1) is 11.7 Å². The van der Waals surface area contributed by atoms with Gasteiger partial charge in [0.1, 0.15) is 5.82 Å². The van der Waals surface area contributed by atoms with Crippen molar-refractivity contribution in [3.63, 3.8) is 0 Å². The van der Waals surface area contributed by atoms with Crippen molar-refractivity contribution in [1.29, 1.82) is 0 Å². The van der Waals surface area contributed by atoms with Gasteiger partial charge in [0.2, 0.25) is 5.91 Å². The number of carbonyl (C=O) groups is 1. The number of nitrogens with zero attached hydrogens (tertiary/aromatic N) is 2. The third-order valence-electron chi connectivity index (χ3n) is 5.16. The first-order valence-corrected chi connectivity index (χ1v) is 8.89. The van der Waals surface area contributed by atoms with Crippen molar-refractivity contribution in [3.05, 3.63) is 35.6 Å². The highest BCUT2D eigenvalue weighted by Crippen LogP contribution is 2.33. The van der Waals surface area contributed by atoms with Crippen molar-refractivity contribution in [2.24, 2.45) is 5.92 Å². The van der Waals surface area contributed by atoms with Crippen molar-refractivity contribution in [3.8, 4) is 0 Å². The zero-order chi connectivity index (χ0) is 18.7. The number of benzene rings is 1. The van der Waals surface area contributed by atoms with Gasteiger partial charge in [-0.25, -0.2) is 4.39 Å². The summed E-state index contributed by atoms with van der Waals surface area (Å²) in [6.07, 6.45) is -3.82. The van der Waals surface area contributed by atoms with Crippen LogP contribution in [0.3, 0.4) is 0 Å². The molecular formula is C18H24ClF4N3O. The zero-order valence-electron chi connectivity index (χ0n) is 14.8. The van der Waals surface area contributed by atoms with Crippen LogP contribution in [-0.4, -0.2) is 61.2 Å². The smallest absolute Gasteiger partial charge is 0.341 e. The first kappa shape index (κ1) is 21.9. The number of likely N-dealkylation sites (tertiary alicyclic amines) is 1. The van der Waals surface area contributed by atoms with Gasteiger partial charge in [-0.05, 0) is 30.5 Å². The molecule has 9 heteroatoms. The lowest BCUT2D eigenvalue weighted by molar-refractivity contribution is -0.188. The Labute approximate surface area is 162 Å². The van der Waals surface area contributed by atoms with E-state index < -0.39 is 12.1 Å². The number of hydrogen-bond acceptors (Lipinski definition) is 3. The summed E-state index contributed by atoms with van der Waals surface area (Å²) in [5.41, 5.74) is 0.761. The lowest BCUT2D eigenvalue weighted by atomic mass is 9.97. The first-order chi connectivity index (χ1) is 12.3. The van der Waals surface area contributed by atoms with Crippen LogP contribution in [0.4, 0.5) is 17.6 Å². The Morgan fingerprint density at radius 3 is 2.74 bits per heavy atom. The molecular weight excluding hydrogens is 386 g/mol. The average Bonchev–Trinajstić information content (AvgIpc) is 2.61. The van der Waals surface area contributed by atoms with Gasteiger partial charge in [-0.1, -0.05) is 12.1 Å². The molecule has 152 valence electrons. The standard InChI is InChI=1S/C18H23F4N3O.ClH/c19-15-5-1-3-13(9-15)16-10-23-6-8-24(16)12-17(26)25-7-2-4-14(11-25)18(20,21)22;/h1,3,5,9,14,16,23H,2,4,6-8,10-12H2;1H. The average molecular weight is 410 g/mol. The number of hydrogen-bond donors (Lipinski definition) is 1. The molecule has 0 aliphatic carbocycles. The van der Waals surface area contributed by atoms with E-state index in [1.54, 1.807) is 12.1 Å². The molecule has 0 radical (unpaired) electrons. The van der Waals surface area contributed by atoms with Crippen LogP contribution in [0.2, 0.25) is 0 Å². The number of carbonyl (C=O) groups excluding carboxylic acids is 1. The van der Waals surface area contributed by atoms with Crippen LogP contribution >= 0.6 is 12.4 Å². The summed E-state index contributed by atoms with van der Waals surface area (Å²) >= 11 is 0. The highest BCUT2D eigenvalue weighted by molar-refractivity contribution is 5.85. The van der Waals surface area contributed by atoms with Gasteiger partial charge in [0.25, 0.3) is 0 Å². The molecule has 2 heterocycles. The van der Waals surface area contributed by atoms with E-state index in [1.807, 2.05) is 4.90 Å². The molecule has 2 fully saturated rings. The topological polar surface area (TPSA) is 35.6 Å². The molecule has 1 aromatic carbocycles. The summed E-state index contributed by atoms with van der Waals surface area (Å²) in [5, 5.41) is 3.22. The van der Waals surface area contributed by atoms with Crippen LogP contribution in [0.1, 0.15) is 24.4 Å². The number of rotatable bonds is 3. The van der Waals surface area contributed by atoms with E-state index in [0.29, 0.717) is 32.6 Å². The van der Waals surface area contributed by atoms with E-state index in [1.165, 1.54) is 17.0 Å². The van der Waals surface area contributed by atoms with E-state index in [0.717, 1.165) is 5.56 Å². The number of piperazine rings is 1. The molecule has 1 N–H and O–H groups in total. The molecule has 0 spiro atoms. The lowest BCUT2D eigenvalue weighted by Crippen LogP contribution is -2.52. The molecule has 2 aliphatic rings. The highest BCUT2D eigenvalue weighted by atomic mass is 35.5. The Balaban J connectivity index is 0.00000261. The lowest BCUT2D eigenvalue weighted by Gasteiger charge is -2.39. The van der Waals surface area contributed by atoms with Crippen LogP contribution in [0.5, 0.6) is 0 Å². The Bertz CT molecular complexity index is 643. The molecule has 0 bridgehead atoms. The third kappa shape index (κ3) is 5.56. The fourth-order valence-corrected chi connectivity index (χ4v) is 3.72. The summed E-state index contributed by atoms with van der Waals surface area (Å²) in [6.45, 7) is 1.99. The second-order valence-corrected chi connectivity index (χ2v) is 6.97. The van der Waals surface area contributed by atoms with E-state index in [2.05, 4.69) is 5.32 Å². The van der Waals surface area contributed by atoms with E-state index in [9.17, 15) is 22.4 Å². The van der Waals surface area contributed by atoms with Gasteiger partial charge in [0, 0.05) is 38.8 Å². The molecule has 0 aromatic heterocycles. The normalized spacial score (nSPS) is 24.4. The minimum absolute atomic E-state index is 0. The molecule has 2 saturated heterocycles. The van der Waals surface area contributed by atoms with Crippen LogP contribution in [-0.2, 0) is 4.79 Å². The number of amides is 1. The zero-order valence-corrected chi connectivity index (χ0v) is 15.7. The van der Waals surface area contributed by atoms with E-state index in [4.69, 9.17) is 0 Å². The maximum absolute atomic E-state index is 13.5. The Hall–Kier alpha value is -1.38. The maximum Gasteiger partial charge on any atom is 0.393 e. The molecule has 2 atom stereocenters. The number of halogens is 5. The molecule has 27 heavy (non-hydrogen) atoms. The predicted octanol–water partition coefficient (Wildman–Crippen LogP) is 2.99. The number of piperidine rings is 1. The minimum Gasteiger partial charge on any atom is -0.341 e. The van der Waals surface area contributed by atoms with Crippen LogP contribution in [0.15, 0.2) is 24.3 Å². The summed E-state index contributed by atoms with van der Waals surface area (Å²) in [4.78, 5) is 15.9. The van der Waals surface area contributed by atoms with Gasteiger partial charge in [-0.15, -0.1) is 12.4 Å². The van der Waals surface area contributed by atoms with E-state index in [-0.39, 0.29) is 49.7 Å². The Kier molecular flexibility index (Phi) is 7.47. The third-order valence-corrected chi connectivity index (χ3v) is 5.16. The maximum atomic E-state index is 13.5. The summed E-state index contributed by atoms with van der Waals surface area (Å²) in [7, 11) is 0. The number of alkyl halides is 3. The van der Waals surface area contributed by atoms with E-state index >= 15 is 0 Å². The van der Waals surface area contributed by atoms with Gasteiger partial charge in [0.15, 0.2) is 0 Å². The SMILES string of the molecule is Cl.O=C(CN1CCNCC1c1cccc(F)c1)N1CCCC(C(F)(F)F)C1. The van der Waals surface area contributed by atoms with Gasteiger partial charge in [0.05, 0.1) is 12.5 Å². The molecule has 1 aromatic rings. The van der Waals surface area contributed by atoms with Crippen molar-refractivity contribution in [2.45, 2.75) is 25.1 Å². The molecule has 2 aliphatic heterocycles. The van der Waals surface area contributed by atoms with Crippen molar-refractivity contribution >= 4 is 18.3 Å². The van der Waals surface area contributed by atoms with Gasteiger partial charge in [-0.2, -0.15) is 13.2 Å². The Morgan fingerprint density at radius 1 is 1.26 bits per heavy atom. The summed E-state index contributed by atoms with van der Waals surface area (Å²) < 4.78 is 52.4. The van der Waals surface area contributed by atoms with Gasteiger partial charge in [-0.3, -0.25) is 9.69 Å². The second kappa shape index (κ2) is 9.21. The predicted molar refractivity (Wildman–Crippen MR) is 96.2 cm³/mol. The van der Waals surface area contributed by atoms with Gasteiger partial charge < -0.3 is 10.2 Å². The molecule has 4 nitrogen and oxygen atoms in total. The number of nitrogens with one attached hydrogen (secondary N) is 1. The fourth-order valence-electron chi connectivity index (χ4n) is 3.72. The molecule has 1 amide bonds.